The molecule has 2 unspecified atom stereocenters. The number of hydrogen-bond donors (Lipinski definition) is 1. The molecular weight excluding hydrogens is 220 g/mol. The first-order chi connectivity index (χ1) is 8.57. The Morgan fingerprint density at radius 3 is 2.44 bits per heavy atom. The predicted octanol–water partition coefficient (Wildman–Crippen LogP) is 4.25. The van der Waals surface area contributed by atoms with Crippen LogP contribution in [0.15, 0.2) is 24.3 Å². The smallest absolute Gasteiger partial charge is 0.115 e. The number of rotatable bonds is 1. The Labute approximate surface area is 109 Å². The summed E-state index contributed by atoms with van der Waals surface area (Å²) < 4.78 is 0. The first kappa shape index (κ1) is 10.9. The van der Waals surface area contributed by atoms with Crippen LogP contribution in [-0.4, -0.2) is 5.11 Å². The van der Waals surface area contributed by atoms with Gasteiger partial charge in [0.2, 0.25) is 0 Å². The van der Waals surface area contributed by atoms with E-state index in [0.717, 1.165) is 11.8 Å². The second-order valence-electron chi connectivity index (χ2n) is 7.60. The van der Waals surface area contributed by atoms with Gasteiger partial charge in [-0.3, -0.25) is 0 Å². The maximum Gasteiger partial charge on any atom is 0.115 e. The minimum absolute atomic E-state index is 0.386. The summed E-state index contributed by atoms with van der Waals surface area (Å²) in [6.07, 6.45) is 8.44. The molecule has 4 fully saturated rings. The highest BCUT2D eigenvalue weighted by Gasteiger charge is 2.56. The van der Waals surface area contributed by atoms with Crippen molar-refractivity contribution >= 4 is 0 Å². The molecule has 0 aliphatic heterocycles. The van der Waals surface area contributed by atoms with Crippen LogP contribution >= 0.6 is 0 Å². The molecule has 1 heteroatoms. The Morgan fingerprint density at radius 2 is 1.83 bits per heavy atom. The molecule has 1 nitrogen and oxygen atoms in total. The van der Waals surface area contributed by atoms with Crippen molar-refractivity contribution in [3.63, 3.8) is 0 Å². The first-order valence-electron chi connectivity index (χ1n) is 7.37. The van der Waals surface area contributed by atoms with Crippen LogP contribution < -0.4 is 0 Å². The fourth-order valence-corrected chi connectivity index (χ4v) is 5.89. The van der Waals surface area contributed by atoms with E-state index in [1.165, 1.54) is 44.1 Å². The SMILES string of the molecule is CC12CC3CC(C1)CC(c1cccc(O)c1)(C3)C2. The molecular formula is C17H22O. The summed E-state index contributed by atoms with van der Waals surface area (Å²) in [7, 11) is 0. The Balaban J connectivity index is 1.80. The summed E-state index contributed by atoms with van der Waals surface area (Å²) in [6, 6.07) is 8.09. The lowest BCUT2D eigenvalue weighted by molar-refractivity contribution is -0.0616. The molecule has 4 saturated carbocycles. The van der Waals surface area contributed by atoms with E-state index in [1.54, 1.807) is 6.07 Å². The van der Waals surface area contributed by atoms with Crippen LogP contribution in [0, 0.1) is 17.3 Å². The van der Waals surface area contributed by atoms with Crippen molar-refractivity contribution in [1.29, 1.82) is 0 Å². The zero-order chi connectivity index (χ0) is 12.4. The van der Waals surface area contributed by atoms with Crippen molar-refractivity contribution in [2.45, 2.75) is 50.9 Å². The molecule has 1 aromatic rings. The molecule has 4 aliphatic rings. The van der Waals surface area contributed by atoms with Gasteiger partial charge in [-0.25, -0.2) is 0 Å². The summed E-state index contributed by atoms with van der Waals surface area (Å²) in [4.78, 5) is 0. The van der Waals surface area contributed by atoms with Crippen LogP contribution in [0.2, 0.25) is 0 Å². The van der Waals surface area contributed by atoms with E-state index in [-0.39, 0.29) is 0 Å². The summed E-state index contributed by atoms with van der Waals surface area (Å²) in [5.74, 6) is 2.32. The molecule has 4 bridgehead atoms. The van der Waals surface area contributed by atoms with Gasteiger partial charge in [-0.2, -0.15) is 0 Å². The van der Waals surface area contributed by atoms with Crippen molar-refractivity contribution in [2.75, 3.05) is 0 Å². The number of benzene rings is 1. The third-order valence-electron chi connectivity index (χ3n) is 5.81. The number of phenols is 1. The highest BCUT2D eigenvalue weighted by Crippen LogP contribution is 2.65. The molecule has 4 aliphatic carbocycles. The van der Waals surface area contributed by atoms with Crippen molar-refractivity contribution in [1.82, 2.24) is 0 Å². The number of hydrogen-bond acceptors (Lipinski definition) is 1. The third-order valence-corrected chi connectivity index (χ3v) is 5.81. The molecule has 5 rings (SSSR count). The molecule has 0 amide bonds. The summed E-state index contributed by atoms with van der Waals surface area (Å²) in [6.45, 7) is 2.50. The van der Waals surface area contributed by atoms with Crippen molar-refractivity contribution in [2.24, 2.45) is 17.3 Å². The molecule has 0 heterocycles. The van der Waals surface area contributed by atoms with Crippen molar-refractivity contribution in [3.8, 4) is 5.75 Å². The van der Waals surface area contributed by atoms with Crippen LogP contribution in [0.1, 0.15) is 51.0 Å². The van der Waals surface area contributed by atoms with E-state index in [2.05, 4.69) is 13.0 Å². The lowest BCUT2D eigenvalue weighted by atomic mass is 9.43. The van der Waals surface area contributed by atoms with Gasteiger partial charge in [-0.1, -0.05) is 19.1 Å². The van der Waals surface area contributed by atoms with Crippen LogP contribution in [-0.2, 0) is 5.41 Å². The van der Waals surface area contributed by atoms with Gasteiger partial charge in [0, 0.05) is 0 Å². The zero-order valence-electron chi connectivity index (χ0n) is 11.2. The van der Waals surface area contributed by atoms with Gasteiger partial charge < -0.3 is 5.11 Å². The quantitative estimate of drug-likeness (QED) is 0.780. The first-order valence-corrected chi connectivity index (χ1v) is 7.37. The second-order valence-corrected chi connectivity index (χ2v) is 7.60. The fraction of sp³-hybridized carbons (Fsp3) is 0.647. The Hall–Kier alpha value is -0.980. The van der Waals surface area contributed by atoms with Gasteiger partial charge in [-0.05, 0) is 78.9 Å². The Morgan fingerprint density at radius 1 is 1.11 bits per heavy atom. The largest absolute Gasteiger partial charge is 0.508 e. The molecule has 96 valence electrons. The van der Waals surface area contributed by atoms with Crippen LogP contribution in [0.4, 0.5) is 0 Å². The monoisotopic (exact) mass is 242 g/mol. The maximum absolute atomic E-state index is 9.78. The molecule has 18 heavy (non-hydrogen) atoms. The topological polar surface area (TPSA) is 20.2 Å². The number of aromatic hydroxyl groups is 1. The van der Waals surface area contributed by atoms with Gasteiger partial charge in [0.1, 0.15) is 5.75 Å². The molecule has 0 spiro atoms. The molecule has 0 aromatic heterocycles. The maximum atomic E-state index is 9.78. The molecule has 1 aromatic carbocycles. The van der Waals surface area contributed by atoms with Gasteiger partial charge >= 0.3 is 0 Å². The minimum atomic E-state index is 0.386. The average molecular weight is 242 g/mol. The normalized spacial score (nSPS) is 45.4. The molecule has 2 atom stereocenters. The summed E-state index contributed by atoms with van der Waals surface area (Å²) in [5, 5.41) is 9.78. The highest BCUT2D eigenvalue weighted by atomic mass is 16.3. The van der Waals surface area contributed by atoms with E-state index < -0.39 is 0 Å². The summed E-state index contributed by atoms with van der Waals surface area (Å²) in [5.41, 5.74) is 2.37. The van der Waals surface area contributed by atoms with Crippen molar-refractivity contribution < 1.29 is 5.11 Å². The average Bonchev–Trinajstić information content (AvgIpc) is 2.25. The van der Waals surface area contributed by atoms with E-state index in [9.17, 15) is 5.11 Å². The summed E-state index contributed by atoms with van der Waals surface area (Å²) >= 11 is 0. The third kappa shape index (κ3) is 1.46. The van der Waals surface area contributed by atoms with E-state index in [1.807, 2.05) is 12.1 Å². The lowest BCUT2D eigenvalue weighted by Crippen LogP contribution is -2.52. The number of phenolic OH excluding ortho intramolecular Hbond substituents is 1. The Bertz CT molecular complexity index is 476. The fourth-order valence-electron chi connectivity index (χ4n) is 5.89. The standard InChI is InChI=1S/C17H22O/c1-16-7-12-5-13(8-16)10-17(9-12,11-16)14-3-2-4-15(18)6-14/h2-4,6,12-13,18H,5,7-11H2,1H3. The second kappa shape index (κ2) is 3.31. The molecule has 1 N–H and O–H groups in total. The molecule has 0 radical (unpaired) electrons. The van der Waals surface area contributed by atoms with Crippen LogP contribution in [0.5, 0.6) is 5.75 Å². The van der Waals surface area contributed by atoms with Gasteiger partial charge in [0.05, 0.1) is 0 Å². The minimum Gasteiger partial charge on any atom is -0.508 e. The van der Waals surface area contributed by atoms with E-state index >= 15 is 0 Å². The lowest BCUT2D eigenvalue weighted by Gasteiger charge is -2.61. The van der Waals surface area contributed by atoms with Gasteiger partial charge in [0.15, 0.2) is 0 Å². The molecule has 0 saturated heterocycles. The highest BCUT2D eigenvalue weighted by molar-refractivity contribution is 5.35. The Kier molecular flexibility index (Phi) is 2.01. The predicted molar refractivity (Wildman–Crippen MR) is 72.6 cm³/mol. The van der Waals surface area contributed by atoms with Crippen molar-refractivity contribution in [3.05, 3.63) is 29.8 Å². The van der Waals surface area contributed by atoms with Gasteiger partial charge in [-0.15, -0.1) is 0 Å². The van der Waals surface area contributed by atoms with Gasteiger partial charge in [0.25, 0.3) is 0 Å². The van der Waals surface area contributed by atoms with Crippen LogP contribution in [0.25, 0.3) is 0 Å². The zero-order valence-corrected chi connectivity index (χ0v) is 11.2. The van der Waals surface area contributed by atoms with E-state index in [4.69, 9.17) is 0 Å². The van der Waals surface area contributed by atoms with E-state index in [0.29, 0.717) is 16.6 Å². The van der Waals surface area contributed by atoms with Crippen LogP contribution in [0.3, 0.4) is 0 Å².